The first-order valence-corrected chi connectivity index (χ1v) is 5.39. The summed E-state index contributed by atoms with van der Waals surface area (Å²) in [6, 6.07) is 0. The van der Waals surface area contributed by atoms with E-state index in [4.69, 9.17) is 0 Å². The van der Waals surface area contributed by atoms with E-state index in [-0.39, 0.29) is 17.6 Å². The van der Waals surface area contributed by atoms with Gasteiger partial charge in [0, 0.05) is 5.41 Å². The Balaban J connectivity index is 4.50. The molecule has 0 amide bonds. The highest BCUT2D eigenvalue weighted by Gasteiger charge is 2.37. The van der Waals surface area contributed by atoms with E-state index >= 15 is 0 Å². The van der Waals surface area contributed by atoms with E-state index in [2.05, 4.69) is 6.92 Å². The van der Waals surface area contributed by atoms with Crippen molar-refractivity contribution < 1.29 is 10.2 Å². The lowest BCUT2D eigenvalue weighted by Gasteiger charge is -2.38. The van der Waals surface area contributed by atoms with Crippen molar-refractivity contribution in [1.29, 1.82) is 0 Å². The standard InChI is InChI=1S/C11H24O2/c1-5-8-11(4,9(12)6-2)10(13)7-3/h9-10,12-13H,5-8H2,1-4H3. The van der Waals surface area contributed by atoms with Crippen LogP contribution >= 0.6 is 0 Å². The first-order valence-electron chi connectivity index (χ1n) is 5.39. The summed E-state index contributed by atoms with van der Waals surface area (Å²) in [5.74, 6) is 0. The van der Waals surface area contributed by atoms with Crippen molar-refractivity contribution in [2.24, 2.45) is 5.41 Å². The summed E-state index contributed by atoms with van der Waals surface area (Å²) < 4.78 is 0. The van der Waals surface area contributed by atoms with E-state index in [1.165, 1.54) is 0 Å². The molecule has 0 aliphatic carbocycles. The molecule has 0 aliphatic heterocycles. The minimum atomic E-state index is -0.387. The molecule has 0 rings (SSSR count). The van der Waals surface area contributed by atoms with Gasteiger partial charge in [0.25, 0.3) is 0 Å². The van der Waals surface area contributed by atoms with Crippen LogP contribution in [-0.2, 0) is 0 Å². The zero-order valence-corrected chi connectivity index (χ0v) is 9.38. The van der Waals surface area contributed by atoms with Gasteiger partial charge in [-0.25, -0.2) is 0 Å². The van der Waals surface area contributed by atoms with Gasteiger partial charge in [-0.05, 0) is 19.3 Å². The van der Waals surface area contributed by atoms with Gasteiger partial charge in [-0.1, -0.05) is 34.1 Å². The topological polar surface area (TPSA) is 40.5 Å². The molecule has 2 nitrogen and oxygen atoms in total. The second kappa shape index (κ2) is 5.61. The fraction of sp³-hybridized carbons (Fsp3) is 1.00. The lowest BCUT2D eigenvalue weighted by Crippen LogP contribution is -2.42. The Hall–Kier alpha value is -0.0800. The molecule has 0 saturated heterocycles. The molecule has 80 valence electrons. The van der Waals surface area contributed by atoms with E-state index in [0.29, 0.717) is 12.8 Å². The number of rotatable bonds is 6. The van der Waals surface area contributed by atoms with E-state index in [9.17, 15) is 10.2 Å². The van der Waals surface area contributed by atoms with Crippen LogP contribution in [0.15, 0.2) is 0 Å². The van der Waals surface area contributed by atoms with Crippen LogP contribution in [0.25, 0.3) is 0 Å². The summed E-state index contributed by atoms with van der Waals surface area (Å²) in [4.78, 5) is 0. The van der Waals surface area contributed by atoms with E-state index in [0.717, 1.165) is 12.8 Å². The van der Waals surface area contributed by atoms with Gasteiger partial charge in [0.2, 0.25) is 0 Å². The lowest BCUT2D eigenvalue weighted by atomic mass is 9.73. The fourth-order valence-corrected chi connectivity index (χ4v) is 2.03. The first-order chi connectivity index (χ1) is 6.02. The molecule has 0 spiro atoms. The van der Waals surface area contributed by atoms with Crippen LogP contribution in [-0.4, -0.2) is 22.4 Å². The number of hydrogen-bond acceptors (Lipinski definition) is 2. The van der Waals surface area contributed by atoms with Crippen LogP contribution in [0.2, 0.25) is 0 Å². The third-order valence-corrected chi connectivity index (χ3v) is 3.08. The molecule has 2 heteroatoms. The molecule has 13 heavy (non-hydrogen) atoms. The van der Waals surface area contributed by atoms with Crippen molar-refractivity contribution in [3.8, 4) is 0 Å². The quantitative estimate of drug-likeness (QED) is 0.671. The second-order valence-electron chi connectivity index (χ2n) is 4.10. The summed E-state index contributed by atoms with van der Waals surface area (Å²) in [5, 5.41) is 19.7. The van der Waals surface area contributed by atoms with Gasteiger partial charge in [0.1, 0.15) is 0 Å². The zero-order chi connectivity index (χ0) is 10.5. The fourth-order valence-electron chi connectivity index (χ4n) is 2.03. The maximum Gasteiger partial charge on any atom is 0.0615 e. The van der Waals surface area contributed by atoms with Gasteiger partial charge in [-0.3, -0.25) is 0 Å². The molecular formula is C11H24O2. The normalized spacial score (nSPS) is 20.8. The minimum Gasteiger partial charge on any atom is -0.392 e. The Labute approximate surface area is 82.0 Å². The molecule has 0 radical (unpaired) electrons. The molecule has 0 aromatic rings. The molecule has 2 unspecified atom stereocenters. The Morgan fingerprint density at radius 2 is 1.38 bits per heavy atom. The Morgan fingerprint density at radius 3 is 1.62 bits per heavy atom. The highest BCUT2D eigenvalue weighted by Crippen LogP contribution is 2.34. The number of hydrogen-bond donors (Lipinski definition) is 2. The van der Waals surface area contributed by atoms with Gasteiger partial charge < -0.3 is 10.2 Å². The lowest BCUT2D eigenvalue weighted by molar-refractivity contribution is -0.0671. The third-order valence-electron chi connectivity index (χ3n) is 3.08. The Morgan fingerprint density at radius 1 is 1.00 bits per heavy atom. The van der Waals surface area contributed by atoms with E-state index < -0.39 is 0 Å². The highest BCUT2D eigenvalue weighted by molar-refractivity contribution is 4.87. The monoisotopic (exact) mass is 188 g/mol. The highest BCUT2D eigenvalue weighted by atomic mass is 16.3. The van der Waals surface area contributed by atoms with Gasteiger partial charge in [-0.2, -0.15) is 0 Å². The molecule has 0 aromatic heterocycles. The first kappa shape index (κ1) is 12.9. The van der Waals surface area contributed by atoms with Gasteiger partial charge >= 0.3 is 0 Å². The largest absolute Gasteiger partial charge is 0.392 e. The molecular weight excluding hydrogens is 164 g/mol. The molecule has 0 saturated carbocycles. The average Bonchev–Trinajstić information content (AvgIpc) is 2.15. The Kier molecular flexibility index (Phi) is 5.57. The van der Waals surface area contributed by atoms with Gasteiger partial charge in [0.15, 0.2) is 0 Å². The predicted molar refractivity (Wildman–Crippen MR) is 55.6 cm³/mol. The molecule has 2 atom stereocenters. The maximum atomic E-state index is 9.85. The van der Waals surface area contributed by atoms with Gasteiger partial charge in [0.05, 0.1) is 12.2 Å². The second-order valence-corrected chi connectivity index (χ2v) is 4.10. The number of aliphatic hydroxyl groups excluding tert-OH is 2. The number of aliphatic hydroxyl groups is 2. The van der Waals surface area contributed by atoms with Crippen molar-refractivity contribution in [3.63, 3.8) is 0 Å². The summed E-state index contributed by atoms with van der Waals surface area (Å²) in [5.41, 5.74) is -0.321. The summed E-state index contributed by atoms with van der Waals surface area (Å²) in [6.45, 7) is 7.99. The van der Waals surface area contributed by atoms with Crippen LogP contribution < -0.4 is 0 Å². The van der Waals surface area contributed by atoms with Gasteiger partial charge in [-0.15, -0.1) is 0 Å². The van der Waals surface area contributed by atoms with Crippen LogP contribution in [0, 0.1) is 5.41 Å². The van der Waals surface area contributed by atoms with Crippen LogP contribution in [0.3, 0.4) is 0 Å². The maximum absolute atomic E-state index is 9.85. The summed E-state index contributed by atoms with van der Waals surface area (Å²) in [6.07, 6.45) is 2.55. The summed E-state index contributed by atoms with van der Waals surface area (Å²) >= 11 is 0. The van der Waals surface area contributed by atoms with Crippen molar-refractivity contribution in [1.82, 2.24) is 0 Å². The Bertz CT molecular complexity index is 124. The van der Waals surface area contributed by atoms with E-state index in [1.807, 2.05) is 20.8 Å². The van der Waals surface area contributed by atoms with Crippen molar-refractivity contribution in [3.05, 3.63) is 0 Å². The molecule has 0 heterocycles. The molecule has 0 bridgehead atoms. The molecule has 0 aromatic carbocycles. The smallest absolute Gasteiger partial charge is 0.0615 e. The van der Waals surface area contributed by atoms with Crippen LogP contribution in [0.5, 0.6) is 0 Å². The van der Waals surface area contributed by atoms with Crippen LogP contribution in [0.1, 0.15) is 53.4 Å². The van der Waals surface area contributed by atoms with Crippen molar-refractivity contribution in [2.75, 3.05) is 0 Å². The zero-order valence-electron chi connectivity index (χ0n) is 9.38. The summed E-state index contributed by atoms with van der Waals surface area (Å²) in [7, 11) is 0. The minimum absolute atomic E-state index is 0.321. The third kappa shape index (κ3) is 2.96. The SMILES string of the molecule is CCCC(C)(C(O)CC)C(O)CC. The molecule has 2 N–H and O–H groups in total. The van der Waals surface area contributed by atoms with Crippen molar-refractivity contribution >= 4 is 0 Å². The van der Waals surface area contributed by atoms with Crippen molar-refractivity contribution in [2.45, 2.75) is 65.6 Å². The average molecular weight is 188 g/mol. The predicted octanol–water partition coefficient (Wildman–Crippen LogP) is 2.33. The molecule has 0 aliphatic rings. The van der Waals surface area contributed by atoms with Crippen LogP contribution in [0.4, 0.5) is 0 Å². The molecule has 0 fully saturated rings. The van der Waals surface area contributed by atoms with E-state index in [1.54, 1.807) is 0 Å².